The highest BCUT2D eigenvalue weighted by Gasteiger charge is 2.33. The van der Waals surface area contributed by atoms with Gasteiger partial charge in [0, 0.05) is 23.7 Å². The predicted octanol–water partition coefficient (Wildman–Crippen LogP) is 2.14. The molecule has 0 heterocycles. The standard InChI is InChI=1S/C13H15ClN2O4/c14-9-3-4-12(16(19)20)10(7-9)13(18)15-11(5-6-17)8-1-2-8/h3-4,7-8,11,17H,1-2,5-6H2,(H,15,18). The minimum atomic E-state index is -0.608. The van der Waals surface area contributed by atoms with Crippen LogP contribution in [-0.4, -0.2) is 28.6 Å². The van der Waals surface area contributed by atoms with Gasteiger partial charge in [0.25, 0.3) is 11.6 Å². The van der Waals surface area contributed by atoms with Gasteiger partial charge in [-0.05, 0) is 37.3 Å². The summed E-state index contributed by atoms with van der Waals surface area (Å²) < 4.78 is 0. The summed E-state index contributed by atoms with van der Waals surface area (Å²) in [5, 5.41) is 23.0. The van der Waals surface area contributed by atoms with Gasteiger partial charge in [-0.1, -0.05) is 11.6 Å². The molecule has 1 fully saturated rings. The maximum Gasteiger partial charge on any atom is 0.282 e. The molecular formula is C13H15ClN2O4. The van der Waals surface area contributed by atoms with E-state index in [-0.39, 0.29) is 28.9 Å². The molecule has 0 saturated heterocycles. The molecule has 2 rings (SSSR count). The Morgan fingerprint density at radius 1 is 1.55 bits per heavy atom. The molecule has 2 N–H and O–H groups in total. The highest BCUT2D eigenvalue weighted by Crippen LogP contribution is 2.34. The zero-order valence-corrected chi connectivity index (χ0v) is 11.5. The van der Waals surface area contributed by atoms with Crippen molar-refractivity contribution in [3.8, 4) is 0 Å². The fourth-order valence-electron chi connectivity index (χ4n) is 2.16. The average Bonchev–Trinajstić information content (AvgIpc) is 3.21. The lowest BCUT2D eigenvalue weighted by Crippen LogP contribution is -2.37. The second-order valence-electron chi connectivity index (χ2n) is 4.85. The largest absolute Gasteiger partial charge is 0.396 e. The van der Waals surface area contributed by atoms with Crippen molar-refractivity contribution in [2.75, 3.05) is 6.61 Å². The number of hydrogen-bond donors (Lipinski definition) is 2. The number of aliphatic hydroxyl groups is 1. The summed E-state index contributed by atoms with van der Waals surface area (Å²) in [7, 11) is 0. The first kappa shape index (κ1) is 14.7. The predicted molar refractivity (Wildman–Crippen MR) is 73.8 cm³/mol. The highest BCUT2D eigenvalue weighted by molar-refractivity contribution is 6.31. The van der Waals surface area contributed by atoms with Gasteiger partial charge < -0.3 is 10.4 Å². The Bertz CT molecular complexity index is 531. The third-order valence-corrected chi connectivity index (χ3v) is 3.58. The number of hydrogen-bond acceptors (Lipinski definition) is 4. The lowest BCUT2D eigenvalue weighted by molar-refractivity contribution is -0.385. The summed E-state index contributed by atoms with van der Waals surface area (Å²) in [5.41, 5.74) is -0.323. The van der Waals surface area contributed by atoms with Gasteiger partial charge in [-0.15, -0.1) is 0 Å². The van der Waals surface area contributed by atoms with Crippen LogP contribution in [0.4, 0.5) is 5.69 Å². The molecule has 1 unspecified atom stereocenters. The Balaban J connectivity index is 2.19. The molecule has 1 aliphatic rings. The summed E-state index contributed by atoms with van der Waals surface area (Å²) in [6, 6.07) is 3.74. The van der Waals surface area contributed by atoms with Crippen molar-refractivity contribution < 1.29 is 14.8 Å². The van der Waals surface area contributed by atoms with Crippen molar-refractivity contribution in [3.05, 3.63) is 38.9 Å². The molecule has 0 bridgehead atoms. The molecule has 0 aliphatic heterocycles. The van der Waals surface area contributed by atoms with Crippen molar-refractivity contribution in [2.24, 2.45) is 5.92 Å². The van der Waals surface area contributed by atoms with Gasteiger partial charge in [-0.25, -0.2) is 0 Å². The summed E-state index contributed by atoms with van der Waals surface area (Å²) >= 11 is 5.80. The lowest BCUT2D eigenvalue weighted by Gasteiger charge is -2.17. The van der Waals surface area contributed by atoms with Crippen LogP contribution in [0, 0.1) is 16.0 Å². The van der Waals surface area contributed by atoms with E-state index in [9.17, 15) is 14.9 Å². The van der Waals surface area contributed by atoms with Crippen LogP contribution in [0.5, 0.6) is 0 Å². The van der Waals surface area contributed by atoms with Gasteiger partial charge >= 0.3 is 0 Å². The smallest absolute Gasteiger partial charge is 0.282 e. The minimum Gasteiger partial charge on any atom is -0.396 e. The maximum atomic E-state index is 12.2. The highest BCUT2D eigenvalue weighted by atomic mass is 35.5. The molecule has 1 aliphatic carbocycles. The first-order valence-corrected chi connectivity index (χ1v) is 6.76. The van der Waals surface area contributed by atoms with E-state index in [0.29, 0.717) is 12.3 Å². The van der Waals surface area contributed by atoms with E-state index >= 15 is 0 Å². The number of nitro groups is 1. The number of halogens is 1. The van der Waals surface area contributed by atoms with Gasteiger partial charge in [0.2, 0.25) is 0 Å². The van der Waals surface area contributed by atoms with Crippen molar-refractivity contribution >= 4 is 23.2 Å². The van der Waals surface area contributed by atoms with Crippen LogP contribution in [0.25, 0.3) is 0 Å². The van der Waals surface area contributed by atoms with Crippen LogP contribution in [0.1, 0.15) is 29.6 Å². The van der Waals surface area contributed by atoms with Gasteiger partial charge in [-0.2, -0.15) is 0 Å². The van der Waals surface area contributed by atoms with E-state index in [1.165, 1.54) is 18.2 Å². The molecule has 6 nitrogen and oxygen atoms in total. The number of carbonyl (C=O) groups excluding carboxylic acids is 1. The Kier molecular flexibility index (Phi) is 4.57. The molecule has 0 aromatic heterocycles. The van der Waals surface area contributed by atoms with Crippen molar-refractivity contribution in [1.29, 1.82) is 0 Å². The number of nitrogens with one attached hydrogen (secondary N) is 1. The van der Waals surface area contributed by atoms with Gasteiger partial charge in [-0.3, -0.25) is 14.9 Å². The summed E-state index contributed by atoms with van der Waals surface area (Å²) in [6.07, 6.45) is 2.45. The zero-order valence-electron chi connectivity index (χ0n) is 10.7. The third kappa shape index (κ3) is 3.46. The number of rotatable bonds is 6. The molecule has 1 aromatic carbocycles. The molecule has 1 aromatic rings. The fraction of sp³-hybridized carbons (Fsp3) is 0.462. The van der Waals surface area contributed by atoms with Crippen LogP contribution in [-0.2, 0) is 0 Å². The summed E-state index contributed by atoms with van der Waals surface area (Å²) in [5.74, 6) is -0.172. The fourth-order valence-corrected chi connectivity index (χ4v) is 2.33. The van der Waals surface area contributed by atoms with Crippen LogP contribution in [0.15, 0.2) is 18.2 Å². The SMILES string of the molecule is O=C(NC(CCO)C1CC1)c1cc(Cl)ccc1[N+](=O)[O-]. The van der Waals surface area contributed by atoms with Crippen molar-refractivity contribution in [1.82, 2.24) is 5.32 Å². The van der Waals surface area contributed by atoms with E-state index in [4.69, 9.17) is 16.7 Å². The van der Waals surface area contributed by atoms with Crippen molar-refractivity contribution in [2.45, 2.75) is 25.3 Å². The number of nitro benzene ring substituents is 1. The normalized spacial score (nSPS) is 15.7. The maximum absolute atomic E-state index is 12.2. The number of nitrogens with zero attached hydrogens (tertiary/aromatic N) is 1. The Labute approximate surface area is 120 Å². The van der Waals surface area contributed by atoms with E-state index < -0.39 is 10.8 Å². The number of carbonyl (C=O) groups is 1. The first-order valence-electron chi connectivity index (χ1n) is 6.38. The molecule has 1 saturated carbocycles. The second kappa shape index (κ2) is 6.19. The molecule has 1 atom stereocenters. The zero-order chi connectivity index (χ0) is 14.7. The first-order chi connectivity index (χ1) is 9.52. The Morgan fingerprint density at radius 3 is 2.80 bits per heavy atom. The van der Waals surface area contributed by atoms with Gasteiger partial charge in [0.1, 0.15) is 5.56 Å². The lowest BCUT2D eigenvalue weighted by atomic mass is 10.1. The molecule has 20 heavy (non-hydrogen) atoms. The molecule has 1 amide bonds. The second-order valence-corrected chi connectivity index (χ2v) is 5.28. The van der Waals surface area contributed by atoms with E-state index in [1.54, 1.807) is 0 Å². The molecular weight excluding hydrogens is 284 g/mol. The number of benzene rings is 1. The summed E-state index contributed by atoms with van der Waals surface area (Å²) in [4.78, 5) is 22.5. The monoisotopic (exact) mass is 298 g/mol. The summed E-state index contributed by atoms with van der Waals surface area (Å²) in [6.45, 7) is -0.0287. The topological polar surface area (TPSA) is 92.5 Å². The molecule has 7 heteroatoms. The quantitative estimate of drug-likeness (QED) is 0.621. The van der Waals surface area contributed by atoms with Gasteiger partial charge in [0.05, 0.1) is 4.92 Å². The number of aliphatic hydroxyl groups excluding tert-OH is 1. The number of amides is 1. The Morgan fingerprint density at radius 2 is 2.25 bits per heavy atom. The van der Waals surface area contributed by atoms with Gasteiger partial charge in [0.15, 0.2) is 0 Å². The Hall–Kier alpha value is -1.66. The van der Waals surface area contributed by atoms with E-state index in [2.05, 4.69) is 5.32 Å². The third-order valence-electron chi connectivity index (χ3n) is 3.35. The van der Waals surface area contributed by atoms with Crippen LogP contribution >= 0.6 is 11.6 Å². The molecule has 0 radical (unpaired) electrons. The average molecular weight is 299 g/mol. The van der Waals surface area contributed by atoms with Crippen LogP contribution in [0.2, 0.25) is 5.02 Å². The molecule has 0 spiro atoms. The van der Waals surface area contributed by atoms with Crippen LogP contribution < -0.4 is 5.32 Å². The van der Waals surface area contributed by atoms with Crippen molar-refractivity contribution in [3.63, 3.8) is 0 Å². The van der Waals surface area contributed by atoms with Crippen LogP contribution in [0.3, 0.4) is 0 Å². The van der Waals surface area contributed by atoms with E-state index in [1.807, 2.05) is 0 Å². The van der Waals surface area contributed by atoms with E-state index in [0.717, 1.165) is 12.8 Å². The minimum absolute atomic E-state index is 0.0287. The molecule has 108 valence electrons.